The molecule has 2 aromatic carbocycles. The number of pyridine rings is 1. The summed E-state index contributed by atoms with van der Waals surface area (Å²) in [5, 5.41) is 5.68. The standard InChI is InChI=1S/C22H17ClN6O2S/c23-16-8-13-10-31-9-12-2-1-3-15(18(12)13)19(16)20-27-21(24)29-22(28-20)32-11-17(30)26-14-4-6-25-7-5-14/h1-8H,9-11H2,(H,25,26,30)(H2,24,27,28,29). The van der Waals surface area contributed by atoms with Crippen molar-refractivity contribution < 1.29 is 9.53 Å². The van der Waals surface area contributed by atoms with Crippen LogP contribution in [-0.2, 0) is 22.7 Å². The average Bonchev–Trinajstić information content (AvgIpc) is 2.78. The topological polar surface area (TPSA) is 116 Å². The van der Waals surface area contributed by atoms with Crippen LogP contribution in [0.2, 0.25) is 5.02 Å². The zero-order chi connectivity index (χ0) is 22.1. The van der Waals surface area contributed by atoms with Gasteiger partial charge in [-0.25, -0.2) is 4.98 Å². The fraction of sp³-hybridized carbons (Fsp3) is 0.136. The monoisotopic (exact) mass is 464 g/mol. The summed E-state index contributed by atoms with van der Waals surface area (Å²) in [5.41, 5.74) is 9.44. The van der Waals surface area contributed by atoms with Crippen molar-refractivity contribution in [2.45, 2.75) is 18.4 Å². The lowest BCUT2D eigenvalue weighted by atomic mass is 9.94. The van der Waals surface area contributed by atoms with Crippen molar-refractivity contribution in [2.75, 3.05) is 16.8 Å². The lowest BCUT2D eigenvalue weighted by Crippen LogP contribution is -2.14. The van der Waals surface area contributed by atoms with Crippen LogP contribution in [0.1, 0.15) is 11.1 Å². The second kappa shape index (κ2) is 8.70. The van der Waals surface area contributed by atoms with Crippen LogP contribution >= 0.6 is 23.4 Å². The highest BCUT2D eigenvalue weighted by Gasteiger charge is 2.21. The van der Waals surface area contributed by atoms with E-state index in [1.807, 2.05) is 24.3 Å². The molecule has 160 valence electrons. The van der Waals surface area contributed by atoms with Crippen molar-refractivity contribution >= 4 is 51.7 Å². The quantitative estimate of drug-likeness (QED) is 0.424. The number of halogens is 1. The molecule has 5 rings (SSSR count). The Balaban J connectivity index is 1.46. The first kappa shape index (κ1) is 20.6. The zero-order valence-electron chi connectivity index (χ0n) is 16.7. The molecule has 0 unspecified atom stereocenters. The lowest BCUT2D eigenvalue weighted by Gasteiger charge is -2.20. The number of nitrogens with one attached hydrogen (secondary N) is 1. The van der Waals surface area contributed by atoms with E-state index in [2.05, 4.69) is 25.3 Å². The van der Waals surface area contributed by atoms with Gasteiger partial charge in [0.25, 0.3) is 0 Å². The number of nitrogen functional groups attached to an aromatic ring is 1. The maximum atomic E-state index is 12.3. The number of benzene rings is 2. The number of rotatable bonds is 5. The third kappa shape index (κ3) is 4.10. The van der Waals surface area contributed by atoms with Crippen molar-refractivity contribution in [2.24, 2.45) is 0 Å². The van der Waals surface area contributed by atoms with Gasteiger partial charge >= 0.3 is 0 Å². The molecule has 8 nitrogen and oxygen atoms in total. The first-order valence-electron chi connectivity index (χ1n) is 9.74. The number of aromatic nitrogens is 4. The molecule has 1 amide bonds. The number of thioether (sulfide) groups is 1. The Morgan fingerprint density at radius 1 is 1.12 bits per heavy atom. The third-order valence-corrected chi connectivity index (χ3v) is 6.09. The van der Waals surface area contributed by atoms with Gasteiger partial charge < -0.3 is 15.8 Å². The number of ether oxygens (including phenoxy) is 1. The Hall–Kier alpha value is -3.27. The van der Waals surface area contributed by atoms with Gasteiger partial charge in [0.15, 0.2) is 11.0 Å². The van der Waals surface area contributed by atoms with Gasteiger partial charge in [-0.1, -0.05) is 41.6 Å². The van der Waals surface area contributed by atoms with E-state index in [1.165, 1.54) is 11.8 Å². The molecule has 0 aliphatic carbocycles. The van der Waals surface area contributed by atoms with Gasteiger partial charge in [-0.05, 0) is 40.1 Å². The molecule has 4 aromatic rings. The minimum atomic E-state index is -0.193. The van der Waals surface area contributed by atoms with Crippen molar-refractivity contribution in [3.8, 4) is 11.4 Å². The van der Waals surface area contributed by atoms with Gasteiger partial charge in [0.1, 0.15) is 0 Å². The van der Waals surface area contributed by atoms with Gasteiger partial charge in [0, 0.05) is 23.6 Å². The molecular weight excluding hydrogens is 448 g/mol. The molecule has 0 saturated carbocycles. The number of carbonyl (C=O) groups excluding carboxylic acids is 1. The fourth-order valence-corrected chi connectivity index (χ4v) is 4.62. The van der Waals surface area contributed by atoms with E-state index in [-0.39, 0.29) is 17.6 Å². The van der Waals surface area contributed by atoms with Gasteiger partial charge in [-0.3, -0.25) is 9.78 Å². The molecule has 0 saturated heterocycles. The molecule has 1 aliphatic heterocycles. The molecule has 0 fully saturated rings. The van der Waals surface area contributed by atoms with Crippen LogP contribution in [0.15, 0.2) is 53.9 Å². The molecule has 3 heterocycles. The highest BCUT2D eigenvalue weighted by molar-refractivity contribution is 7.99. The Morgan fingerprint density at radius 2 is 1.94 bits per heavy atom. The summed E-state index contributed by atoms with van der Waals surface area (Å²) in [6, 6.07) is 11.3. The molecular formula is C22H17ClN6O2S. The molecule has 3 N–H and O–H groups in total. The Kier molecular flexibility index (Phi) is 5.60. The number of amides is 1. The summed E-state index contributed by atoms with van der Waals surface area (Å²) in [7, 11) is 0. The number of carbonyl (C=O) groups is 1. The van der Waals surface area contributed by atoms with Gasteiger partial charge in [-0.2, -0.15) is 9.97 Å². The van der Waals surface area contributed by atoms with Gasteiger partial charge in [0.2, 0.25) is 11.9 Å². The highest BCUT2D eigenvalue weighted by atomic mass is 35.5. The van der Waals surface area contributed by atoms with E-state index < -0.39 is 0 Å². The number of hydrogen-bond donors (Lipinski definition) is 2. The highest BCUT2D eigenvalue weighted by Crippen LogP contribution is 2.39. The molecule has 10 heteroatoms. The number of anilines is 2. The van der Waals surface area contributed by atoms with Gasteiger partial charge in [0.05, 0.1) is 24.0 Å². The van der Waals surface area contributed by atoms with E-state index in [0.29, 0.717) is 40.5 Å². The van der Waals surface area contributed by atoms with E-state index in [9.17, 15) is 4.79 Å². The van der Waals surface area contributed by atoms with Crippen LogP contribution in [0.4, 0.5) is 11.6 Å². The lowest BCUT2D eigenvalue weighted by molar-refractivity contribution is -0.113. The minimum Gasteiger partial charge on any atom is -0.372 e. The maximum absolute atomic E-state index is 12.3. The van der Waals surface area contributed by atoms with E-state index >= 15 is 0 Å². The largest absolute Gasteiger partial charge is 0.372 e. The van der Waals surface area contributed by atoms with Crippen LogP contribution in [0.25, 0.3) is 22.2 Å². The minimum absolute atomic E-state index is 0.0620. The second-order valence-corrected chi connectivity index (χ2v) is 8.45. The van der Waals surface area contributed by atoms with Crippen LogP contribution in [0.5, 0.6) is 0 Å². The summed E-state index contributed by atoms with van der Waals surface area (Å²) in [6.07, 6.45) is 3.22. The predicted octanol–water partition coefficient (Wildman–Crippen LogP) is 4.08. The Morgan fingerprint density at radius 3 is 2.78 bits per heavy atom. The summed E-state index contributed by atoms with van der Waals surface area (Å²) < 4.78 is 5.66. The smallest absolute Gasteiger partial charge is 0.234 e. The molecule has 32 heavy (non-hydrogen) atoms. The molecule has 2 aromatic heterocycles. The number of nitrogens with zero attached hydrogens (tertiary/aromatic N) is 4. The van der Waals surface area contributed by atoms with Crippen molar-refractivity contribution in [1.29, 1.82) is 0 Å². The zero-order valence-corrected chi connectivity index (χ0v) is 18.3. The molecule has 0 radical (unpaired) electrons. The van der Waals surface area contributed by atoms with Crippen LogP contribution in [0.3, 0.4) is 0 Å². The van der Waals surface area contributed by atoms with E-state index in [4.69, 9.17) is 22.1 Å². The van der Waals surface area contributed by atoms with E-state index in [0.717, 1.165) is 21.9 Å². The van der Waals surface area contributed by atoms with Crippen molar-refractivity contribution in [1.82, 2.24) is 19.9 Å². The van der Waals surface area contributed by atoms with Crippen LogP contribution in [-0.4, -0.2) is 31.6 Å². The Labute approximate surface area is 192 Å². The first-order valence-corrected chi connectivity index (χ1v) is 11.1. The normalized spacial score (nSPS) is 12.7. The van der Waals surface area contributed by atoms with Crippen LogP contribution in [0, 0.1) is 0 Å². The molecule has 0 bridgehead atoms. The fourth-order valence-electron chi connectivity index (χ4n) is 3.66. The summed E-state index contributed by atoms with van der Waals surface area (Å²) >= 11 is 7.82. The van der Waals surface area contributed by atoms with E-state index in [1.54, 1.807) is 24.5 Å². The SMILES string of the molecule is Nc1nc(SCC(=O)Nc2ccncc2)nc(-c2c(Cl)cc3c4c(cccc24)COC3)n1. The predicted molar refractivity (Wildman–Crippen MR) is 124 cm³/mol. The molecule has 1 aliphatic rings. The average molecular weight is 465 g/mol. The maximum Gasteiger partial charge on any atom is 0.234 e. The third-order valence-electron chi connectivity index (χ3n) is 4.95. The number of hydrogen-bond acceptors (Lipinski definition) is 8. The number of nitrogens with two attached hydrogens (primary N) is 1. The molecule has 0 spiro atoms. The summed E-state index contributed by atoms with van der Waals surface area (Å²) in [5.74, 6) is 0.350. The van der Waals surface area contributed by atoms with Crippen molar-refractivity contribution in [3.63, 3.8) is 0 Å². The van der Waals surface area contributed by atoms with Gasteiger partial charge in [-0.15, -0.1) is 0 Å². The van der Waals surface area contributed by atoms with Crippen LogP contribution < -0.4 is 11.1 Å². The first-order chi connectivity index (χ1) is 15.6. The Bertz CT molecular complexity index is 1340. The summed E-state index contributed by atoms with van der Waals surface area (Å²) in [6.45, 7) is 1.04. The van der Waals surface area contributed by atoms with Crippen molar-refractivity contribution in [3.05, 3.63) is 64.9 Å². The summed E-state index contributed by atoms with van der Waals surface area (Å²) in [4.78, 5) is 29.3. The molecule has 0 atom stereocenters. The second-order valence-electron chi connectivity index (χ2n) is 7.10.